The fraction of sp³-hybridized carbons (Fsp3) is 0.0952. The van der Waals surface area contributed by atoms with Crippen molar-refractivity contribution in [3.05, 3.63) is 77.7 Å². The number of amides is 2. The molecule has 1 aliphatic rings. The van der Waals surface area contributed by atoms with Crippen molar-refractivity contribution in [3.63, 3.8) is 0 Å². The van der Waals surface area contributed by atoms with Gasteiger partial charge in [-0.3, -0.25) is 9.59 Å². The second kappa shape index (κ2) is 7.89. The highest BCUT2D eigenvalue weighted by atomic mass is 16.7. The molecule has 0 radical (unpaired) electrons. The number of carbonyl (C=O) groups excluding carboxylic acids is 2. The van der Waals surface area contributed by atoms with Crippen LogP contribution in [0.25, 0.3) is 0 Å². The van der Waals surface area contributed by atoms with Crippen molar-refractivity contribution in [2.75, 3.05) is 12.1 Å². The van der Waals surface area contributed by atoms with Gasteiger partial charge in [0.25, 0.3) is 11.8 Å². The fourth-order valence-corrected chi connectivity index (χ4v) is 2.72. The minimum absolute atomic E-state index is 0.143. The molecule has 0 spiro atoms. The monoisotopic (exact) mass is 391 g/mol. The smallest absolute Gasteiger partial charge is 0.291 e. The molecule has 0 fully saturated rings. The second-order valence-corrected chi connectivity index (χ2v) is 6.22. The third kappa shape index (κ3) is 4.11. The van der Waals surface area contributed by atoms with Crippen molar-refractivity contribution in [1.82, 2.24) is 5.43 Å². The number of nitrogens with one attached hydrogen (secondary N) is 2. The number of rotatable bonds is 5. The Balaban J connectivity index is 1.43. The Morgan fingerprint density at radius 3 is 2.62 bits per heavy atom. The van der Waals surface area contributed by atoms with Gasteiger partial charge in [-0.15, -0.1) is 0 Å². The van der Waals surface area contributed by atoms with Gasteiger partial charge in [-0.2, -0.15) is 5.10 Å². The van der Waals surface area contributed by atoms with E-state index < -0.39 is 0 Å². The first-order chi connectivity index (χ1) is 14.1. The fourth-order valence-electron chi connectivity index (χ4n) is 2.72. The molecule has 29 heavy (non-hydrogen) atoms. The summed E-state index contributed by atoms with van der Waals surface area (Å²) in [6, 6.07) is 15.3. The zero-order valence-electron chi connectivity index (χ0n) is 15.5. The van der Waals surface area contributed by atoms with Gasteiger partial charge in [0.1, 0.15) is 0 Å². The van der Waals surface area contributed by atoms with E-state index in [1.807, 2.05) is 6.07 Å². The number of hydrogen-bond acceptors (Lipinski definition) is 6. The average molecular weight is 391 g/mol. The summed E-state index contributed by atoms with van der Waals surface area (Å²) in [5.74, 6) is 0.632. The molecule has 3 aromatic rings. The summed E-state index contributed by atoms with van der Waals surface area (Å²) < 4.78 is 15.6. The van der Waals surface area contributed by atoms with Gasteiger partial charge in [-0.1, -0.05) is 12.1 Å². The van der Waals surface area contributed by atoms with Gasteiger partial charge >= 0.3 is 0 Å². The van der Waals surface area contributed by atoms with E-state index in [0.29, 0.717) is 28.5 Å². The lowest BCUT2D eigenvalue weighted by Crippen LogP contribution is -2.19. The highest BCUT2D eigenvalue weighted by Crippen LogP contribution is 2.32. The topological polar surface area (TPSA) is 102 Å². The zero-order chi connectivity index (χ0) is 20.2. The number of hydrogen-bond donors (Lipinski definition) is 2. The Kier molecular flexibility index (Phi) is 4.98. The maximum atomic E-state index is 12.3. The lowest BCUT2D eigenvalue weighted by atomic mass is 10.1. The molecule has 8 nitrogen and oxygen atoms in total. The van der Waals surface area contributed by atoms with Crippen molar-refractivity contribution in [2.45, 2.75) is 6.92 Å². The molecule has 2 heterocycles. The number of nitrogens with zero attached hydrogens (tertiary/aromatic N) is 1. The van der Waals surface area contributed by atoms with Crippen molar-refractivity contribution in [3.8, 4) is 11.5 Å². The summed E-state index contributed by atoms with van der Waals surface area (Å²) in [6.45, 7) is 1.90. The molecule has 2 N–H and O–H groups in total. The van der Waals surface area contributed by atoms with Crippen molar-refractivity contribution >= 4 is 23.2 Å². The lowest BCUT2D eigenvalue weighted by molar-refractivity contribution is 0.0953. The van der Waals surface area contributed by atoms with Crippen molar-refractivity contribution < 1.29 is 23.5 Å². The largest absolute Gasteiger partial charge is 0.459 e. The van der Waals surface area contributed by atoms with Crippen LogP contribution in [0.15, 0.2) is 70.4 Å². The van der Waals surface area contributed by atoms with Gasteiger partial charge < -0.3 is 19.2 Å². The van der Waals surface area contributed by atoms with Gasteiger partial charge in [0.05, 0.1) is 12.0 Å². The molecule has 0 bridgehead atoms. The van der Waals surface area contributed by atoms with Crippen LogP contribution in [0.1, 0.15) is 33.4 Å². The maximum Gasteiger partial charge on any atom is 0.291 e. The van der Waals surface area contributed by atoms with Crippen LogP contribution in [0, 0.1) is 0 Å². The molecule has 4 rings (SSSR count). The quantitative estimate of drug-likeness (QED) is 0.513. The van der Waals surface area contributed by atoms with Crippen LogP contribution in [0.5, 0.6) is 11.5 Å². The van der Waals surface area contributed by atoms with Crippen molar-refractivity contribution in [1.29, 1.82) is 0 Å². The number of anilines is 1. The van der Waals surface area contributed by atoms with Gasteiger partial charge in [0, 0.05) is 11.3 Å². The van der Waals surface area contributed by atoms with Crippen LogP contribution in [0.3, 0.4) is 0 Å². The van der Waals surface area contributed by atoms with E-state index in [-0.39, 0.29) is 24.4 Å². The Bertz CT molecular complexity index is 1090. The minimum Gasteiger partial charge on any atom is -0.459 e. The number of hydrazone groups is 1. The Labute approximate surface area is 166 Å². The first kappa shape index (κ1) is 18.3. The van der Waals surface area contributed by atoms with Gasteiger partial charge in [-0.25, -0.2) is 5.43 Å². The Morgan fingerprint density at radius 1 is 0.931 bits per heavy atom. The van der Waals surface area contributed by atoms with E-state index >= 15 is 0 Å². The molecule has 146 valence electrons. The third-order valence-corrected chi connectivity index (χ3v) is 4.24. The van der Waals surface area contributed by atoms with Gasteiger partial charge in [0.2, 0.25) is 6.79 Å². The molecule has 1 aromatic heterocycles. The SMILES string of the molecule is CC(=NNC(=O)c1ccc2c(c1)OCO2)c1cccc(NC(=O)c2ccco2)c1. The first-order valence-corrected chi connectivity index (χ1v) is 8.80. The van der Waals surface area contributed by atoms with E-state index in [1.54, 1.807) is 55.5 Å². The highest BCUT2D eigenvalue weighted by molar-refractivity contribution is 6.04. The van der Waals surface area contributed by atoms with E-state index in [1.165, 1.54) is 6.26 Å². The summed E-state index contributed by atoms with van der Waals surface area (Å²) in [4.78, 5) is 24.4. The van der Waals surface area contributed by atoms with Crippen molar-refractivity contribution in [2.24, 2.45) is 5.10 Å². The molecule has 0 atom stereocenters. The molecule has 0 unspecified atom stereocenters. The summed E-state index contributed by atoms with van der Waals surface area (Å²) >= 11 is 0. The summed E-state index contributed by atoms with van der Waals surface area (Å²) in [5, 5.41) is 6.90. The molecule has 2 amide bonds. The number of carbonyl (C=O) groups is 2. The van der Waals surface area contributed by atoms with E-state index in [0.717, 1.165) is 5.56 Å². The average Bonchev–Trinajstić information content (AvgIpc) is 3.43. The van der Waals surface area contributed by atoms with Crippen LogP contribution >= 0.6 is 0 Å². The Hall–Kier alpha value is -4.07. The molecule has 0 aliphatic carbocycles. The van der Waals surface area contributed by atoms with Crippen LogP contribution in [-0.2, 0) is 0 Å². The molecule has 2 aromatic carbocycles. The normalized spacial score (nSPS) is 12.5. The summed E-state index contributed by atoms with van der Waals surface area (Å²) in [7, 11) is 0. The number of furan rings is 1. The molecule has 1 aliphatic heterocycles. The van der Waals surface area contributed by atoms with Crippen LogP contribution in [-0.4, -0.2) is 24.3 Å². The van der Waals surface area contributed by atoms with E-state index in [9.17, 15) is 9.59 Å². The zero-order valence-corrected chi connectivity index (χ0v) is 15.5. The predicted molar refractivity (Wildman–Crippen MR) is 105 cm³/mol. The van der Waals surface area contributed by atoms with Crippen LogP contribution < -0.4 is 20.2 Å². The second-order valence-electron chi connectivity index (χ2n) is 6.22. The Morgan fingerprint density at radius 2 is 1.79 bits per heavy atom. The molecule has 8 heteroatoms. The standard InChI is InChI=1S/C21H17N3O5/c1-13(23-24-20(25)15-7-8-17-19(11-15)29-12-28-17)14-4-2-5-16(10-14)22-21(26)18-6-3-9-27-18/h2-11H,12H2,1H3,(H,22,26)(H,24,25). The summed E-state index contributed by atoms with van der Waals surface area (Å²) in [5.41, 5.74) is 4.83. The first-order valence-electron chi connectivity index (χ1n) is 8.80. The van der Waals surface area contributed by atoms with Gasteiger partial charge in [0.15, 0.2) is 17.3 Å². The molecule has 0 saturated heterocycles. The minimum atomic E-state index is -0.370. The molecular weight excluding hydrogens is 374 g/mol. The molecule has 0 saturated carbocycles. The number of benzene rings is 2. The van der Waals surface area contributed by atoms with Gasteiger partial charge in [-0.05, 0) is 55.0 Å². The van der Waals surface area contributed by atoms with Crippen LogP contribution in [0.4, 0.5) is 5.69 Å². The highest BCUT2D eigenvalue weighted by Gasteiger charge is 2.16. The molecular formula is C21H17N3O5. The lowest BCUT2D eigenvalue weighted by Gasteiger charge is -2.07. The summed E-state index contributed by atoms with van der Waals surface area (Å²) in [6.07, 6.45) is 1.44. The predicted octanol–water partition coefficient (Wildman–Crippen LogP) is 3.41. The van der Waals surface area contributed by atoms with E-state index in [4.69, 9.17) is 13.9 Å². The maximum absolute atomic E-state index is 12.3. The number of fused-ring (bicyclic) bond motifs is 1. The van der Waals surface area contributed by atoms with E-state index in [2.05, 4.69) is 15.8 Å². The third-order valence-electron chi connectivity index (χ3n) is 4.24. The number of ether oxygens (including phenoxy) is 2. The van der Waals surface area contributed by atoms with Crippen LogP contribution in [0.2, 0.25) is 0 Å².